The Bertz CT molecular complexity index is 276. The van der Waals surface area contributed by atoms with Crippen LogP contribution in [0.25, 0.3) is 0 Å². The van der Waals surface area contributed by atoms with Crippen LogP contribution in [0, 0.1) is 0 Å². The first kappa shape index (κ1) is 11.0. The molecule has 0 saturated heterocycles. The van der Waals surface area contributed by atoms with E-state index < -0.39 is 6.23 Å². The third kappa shape index (κ3) is 3.36. The molecule has 1 atom stereocenters. The van der Waals surface area contributed by atoms with Gasteiger partial charge in [-0.05, 0) is 30.7 Å². The van der Waals surface area contributed by atoms with Gasteiger partial charge in [-0.2, -0.15) is 0 Å². The topological polar surface area (TPSA) is 58.3 Å². The Morgan fingerprint density at radius 1 is 1.50 bits per heavy atom. The highest BCUT2D eigenvalue weighted by Crippen LogP contribution is 2.13. The first-order valence-corrected chi connectivity index (χ1v) is 5.01. The molecular weight excluding hydrogens is 176 g/mol. The van der Waals surface area contributed by atoms with E-state index in [-0.39, 0.29) is 0 Å². The molecule has 0 fully saturated rings. The fourth-order valence-corrected chi connectivity index (χ4v) is 1.26. The van der Waals surface area contributed by atoms with Crippen LogP contribution < -0.4 is 11.1 Å². The lowest BCUT2D eigenvalue weighted by Gasteiger charge is -2.12. The van der Waals surface area contributed by atoms with E-state index in [9.17, 15) is 5.11 Å². The molecule has 0 aliphatic rings. The average Bonchev–Trinajstić information content (AvgIpc) is 2.18. The van der Waals surface area contributed by atoms with Crippen LogP contribution in [-0.4, -0.2) is 11.7 Å². The van der Waals surface area contributed by atoms with Gasteiger partial charge in [0.1, 0.15) is 6.23 Å². The van der Waals surface area contributed by atoms with Gasteiger partial charge < -0.3 is 10.8 Å². The van der Waals surface area contributed by atoms with E-state index in [0.29, 0.717) is 5.69 Å². The van der Waals surface area contributed by atoms with Gasteiger partial charge in [0.2, 0.25) is 0 Å². The highest BCUT2D eigenvalue weighted by molar-refractivity contribution is 5.41. The summed E-state index contributed by atoms with van der Waals surface area (Å²) in [6, 6.07) is 7.29. The molecule has 0 saturated carbocycles. The van der Waals surface area contributed by atoms with Crippen molar-refractivity contribution < 1.29 is 5.11 Å². The molecule has 0 bridgehead atoms. The lowest BCUT2D eigenvalue weighted by atomic mass is 10.2. The van der Waals surface area contributed by atoms with Crippen molar-refractivity contribution in [2.45, 2.75) is 26.0 Å². The molecule has 0 aliphatic carbocycles. The fourth-order valence-electron chi connectivity index (χ4n) is 1.26. The van der Waals surface area contributed by atoms with Gasteiger partial charge in [-0.15, -0.1) is 0 Å². The van der Waals surface area contributed by atoms with Gasteiger partial charge in [-0.25, -0.2) is 0 Å². The number of anilines is 1. The number of aliphatic hydroxyl groups excluding tert-OH is 1. The van der Waals surface area contributed by atoms with Gasteiger partial charge >= 0.3 is 0 Å². The van der Waals surface area contributed by atoms with Crippen LogP contribution in [0.4, 0.5) is 5.69 Å². The minimum atomic E-state index is -0.606. The molecule has 1 rings (SSSR count). The number of nitrogens with one attached hydrogen (secondary N) is 1. The van der Waals surface area contributed by atoms with Gasteiger partial charge in [0.25, 0.3) is 0 Å². The third-order valence-electron chi connectivity index (χ3n) is 2.09. The Morgan fingerprint density at radius 3 is 2.93 bits per heavy atom. The number of nitrogen functional groups attached to an aromatic ring is 1. The number of hydrogen-bond donors (Lipinski definition) is 3. The summed E-state index contributed by atoms with van der Waals surface area (Å²) in [6.45, 7) is 2.95. The van der Waals surface area contributed by atoms with Crippen molar-refractivity contribution in [3.8, 4) is 0 Å². The van der Waals surface area contributed by atoms with Crippen LogP contribution >= 0.6 is 0 Å². The molecule has 0 aliphatic heterocycles. The molecule has 0 radical (unpaired) electrons. The van der Waals surface area contributed by atoms with Crippen LogP contribution in [0.5, 0.6) is 0 Å². The molecule has 0 heterocycles. The molecule has 4 N–H and O–H groups in total. The molecule has 0 spiro atoms. The summed E-state index contributed by atoms with van der Waals surface area (Å²) < 4.78 is 0. The summed E-state index contributed by atoms with van der Waals surface area (Å²) >= 11 is 0. The number of hydrogen-bond acceptors (Lipinski definition) is 3. The summed E-state index contributed by atoms with van der Waals surface area (Å²) in [7, 11) is 0. The molecule has 14 heavy (non-hydrogen) atoms. The SMILES string of the molecule is CCCCNC(O)c1cccc(N)c1. The summed E-state index contributed by atoms with van der Waals surface area (Å²) in [5.41, 5.74) is 7.11. The Labute approximate surface area is 84.9 Å². The fraction of sp³-hybridized carbons (Fsp3) is 0.455. The number of unbranched alkanes of at least 4 members (excludes halogenated alkanes) is 1. The van der Waals surface area contributed by atoms with Gasteiger partial charge in [0.15, 0.2) is 0 Å². The minimum absolute atomic E-state index is 0.606. The van der Waals surface area contributed by atoms with Crippen molar-refractivity contribution in [2.75, 3.05) is 12.3 Å². The van der Waals surface area contributed by atoms with Crippen LogP contribution in [0.1, 0.15) is 31.6 Å². The number of nitrogens with two attached hydrogens (primary N) is 1. The van der Waals surface area contributed by atoms with Crippen LogP contribution in [0.2, 0.25) is 0 Å². The smallest absolute Gasteiger partial charge is 0.131 e. The summed E-state index contributed by atoms with van der Waals surface area (Å²) in [6.07, 6.45) is 1.58. The van der Waals surface area contributed by atoms with E-state index >= 15 is 0 Å². The second-order valence-electron chi connectivity index (χ2n) is 3.38. The maximum Gasteiger partial charge on any atom is 0.131 e. The summed E-state index contributed by atoms with van der Waals surface area (Å²) in [5.74, 6) is 0. The average molecular weight is 194 g/mol. The highest BCUT2D eigenvalue weighted by Gasteiger charge is 2.05. The Balaban J connectivity index is 2.47. The number of benzene rings is 1. The Hall–Kier alpha value is -1.06. The van der Waals surface area contributed by atoms with Crippen LogP contribution in [-0.2, 0) is 0 Å². The van der Waals surface area contributed by atoms with Crippen molar-refractivity contribution in [3.05, 3.63) is 29.8 Å². The lowest BCUT2D eigenvalue weighted by Crippen LogP contribution is -2.21. The predicted molar refractivity (Wildman–Crippen MR) is 58.7 cm³/mol. The van der Waals surface area contributed by atoms with Crippen molar-refractivity contribution in [1.82, 2.24) is 5.32 Å². The van der Waals surface area contributed by atoms with Gasteiger partial charge in [0.05, 0.1) is 0 Å². The van der Waals surface area contributed by atoms with Gasteiger partial charge in [-0.1, -0.05) is 25.5 Å². The van der Waals surface area contributed by atoms with E-state index in [1.165, 1.54) is 0 Å². The third-order valence-corrected chi connectivity index (χ3v) is 2.09. The van der Waals surface area contributed by atoms with E-state index in [4.69, 9.17) is 5.73 Å². The molecule has 1 unspecified atom stereocenters. The zero-order chi connectivity index (χ0) is 10.4. The quantitative estimate of drug-likeness (QED) is 0.379. The zero-order valence-corrected chi connectivity index (χ0v) is 8.53. The molecule has 1 aromatic carbocycles. The standard InChI is InChI=1S/C11H18N2O/c1-2-3-7-13-11(14)9-5-4-6-10(12)8-9/h4-6,8,11,13-14H,2-3,7,12H2,1H3. The van der Waals surface area contributed by atoms with E-state index in [1.807, 2.05) is 18.2 Å². The molecule has 78 valence electrons. The molecule has 0 aromatic heterocycles. The maximum absolute atomic E-state index is 9.70. The first-order valence-electron chi connectivity index (χ1n) is 5.01. The number of aliphatic hydroxyl groups is 1. The minimum Gasteiger partial charge on any atom is -0.399 e. The second-order valence-corrected chi connectivity index (χ2v) is 3.38. The molecular formula is C11H18N2O. The molecule has 1 aromatic rings. The van der Waals surface area contributed by atoms with E-state index in [1.54, 1.807) is 6.07 Å². The van der Waals surface area contributed by atoms with E-state index in [0.717, 1.165) is 24.9 Å². The maximum atomic E-state index is 9.70. The molecule has 3 heteroatoms. The number of rotatable bonds is 5. The van der Waals surface area contributed by atoms with Crippen molar-refractivity contribution in [3.63, 3.8) is 0 Å². The van der Waals surface area contributed by atoms with Gasteiger partial charge in [0, 0.05) is 5.69 Å². The van der Waals surface area contributed by atoms with Crippen molar-refractivity contribution in [1.29, 1.82) is 0 Å². The van der Waals surface area contributed by atoms with E-state index in [2.05, 4.69) is 12.2 Å². The monoisotopic (exact) mass is 194 g/mol. The highest BCUT2D eigenvalue weighted by atomic mass is 16.3. The van der Waals surface area contributed by atoms with Crippen molar-refractivity contribution >= 4 is 5.69 Å². The van der Waals surface area contributed by atoms with Crippen LogP contribution in [0.3, 0.4) is 0 Å². The lowest BCUT2D eigenvalue weighted by molar-refractivity contribution is 0.139. The summed E-state index contributed by atoms with van der Waals surface area (Å²) in [4.78, 5) is 0. The first-order chi connectivity index (χ1) is 6.74. The van der Waals surface area contributed by atoms with Crippen LogP contribution in [0.15, 0.2) is 24.3 Å². The normalized spacial score (nSPS) is 12.7. The van der Waals surface area contributed by atoms with Gasteiger partial charge in [-0.3, -0.25) is 5.32 Å². The summed E-state index contributed by atoms with van der Waals surface area (Å²) in [5, 5.41) is 12.7. The largest absolute Gasteiger partial charge is 0.399 e. The molecule has 0 amide bonds. The predicted octanol–water partition coefficient (Wildman–Crippen LogP) is 1.65. The Kier molecular flexibility index (Phi) is 4.43. The molecule has 3 nitrogen and oxygen atoms in total. The van der Waals surface area contributed by atoms with Crippen molar-refractivity contribution in [2.24, 2.45) is 0 Å². The second kappa shape index (κ2) is 5.62. The Morgan fingerprint density at radius 2 is 2.29 bits per heavy atom. The zero-order valence-electron chi connectivity index (χ0n) is 8.53.